The molecule has 0 unspecified atom stereocenters. The number of benzene rings is 2. The summed E-state index contributed by atoms with van der Waals surface area (Å²) in [6.07, 6.45) is 0.558. The molecule has 2 heterocycles. The maximum absolute atomic E-state index is 8.91. The van der Waals surface area contributed by atoms with Crippen molar-refractivity contribution in [2.75, 3.05) is 6.54 Å². The van der Waals surface area contributed by atoms with E-state index in [1.807, 2.05) is 36.4 Å². The van der Waals surface area contributed by atoms with E-state index in [1.54, 1.807) is 6.07 Å². The molecule has 8 nitrogen and oxygen atoms in total. The second-order valence-corrected chi connectivity index (χ2v) is 6.03. The van der Waals surface area contributed by atoms with E-state index in [0.717, 1.165) is 33.7 Å². The highest BCUT2D eigenvalue weighted by Crippen LogP contribution is 2.20. The van der Waals surface area contributed by atoms with Gasteiger partial charge in [-0.15, -0.1) is 0 Å². The number of oxime groups is 1. The maximum Gasteiger partial charge on any atom is 0.170 e. The number of nitrogens with one attached hydrogen (secondary N) is 1. The fraction of sp³-hybridized carbons (Fsp3) is 0.167. The van der Waals surface area contributed by atoms with E-state index in [1.165, 1.54) is 0 Å². The summed E-state index contributed by atoms with van der Waals surface area (Å²) in [5, 5.41) is 12.0. The molecule has 0 aliphatic heterocycles. The first-order valence-electron chi connectivity index (χ1n) is 8.30. The molecule has 0 fully saturated rings. The Balaban J connectivity index is 1.79. The minimum Gasteiger partial charge on any atom is -0.409 e. The Morgan fingerprint density at radius 3 is 2.77 bits per heavy atom. The summed E-state index contributed by atoms with van der Waals surface area (Å²) in [4.78, 5) is 12.7. The van der Waals surface area contributed by atoms with Crippen LogP contribution in [-0.4, -0.2) is 37.1 Å². The molecule has 4 rings (SSSR count). The van der Waals surface area contributed by atoms with Gasteiger partial charge in [0, 0.05) is 18.7 Å². The Bertz CT molecular complexity index is 1080. The molecule has 0 amide bonds. The van der Waals surface area contributed by atoms with Crippen molar-refractivity contribution < 1.29 is 5.21 Å². The first-order valence-corrected chi connectivity index (χ1v) is 8.30. The van der Waals surface area contributed by atoms with Gasteiger partial charge >= 0.3 is 0 Å². The second-order valence-electron chi connectivity index (χ2n) is 6.03. The summed E-state index contributed by atoms with van der Waals surface area (Å²) >= 11 is 0. The standard InChI is InChI=1S/C18H19N7O/c19-7-8-25-15-9-11(18(20)24-26)5-6-14(15)23-17(25)10-16-21-12-3-1-2-4-13(12)22-16/h1-6,9,26H,7-8,10,19H2,(H2,20,24)(H,21,22). The Labute approximate surface area is 149 Å². The van der Waals surface area contributed by atoms with Crippen LogP contribution in [0.25, 0.3) is 22.1 Å². The average Bonchev–Trinajstić information content (AvgIpc) is 3.22. The Morgan fingerprint density at radius 2 is 2.00 bits per heavy atom. The zero-order valence-electron chi connectivity index (χ0n) is 14.1. The summed E-state index contributed by atoms with van der Waals surface area (Å²) in [7, 11) is 0. The Hall–Kier alpha value is -3.39. The van der Waals surface area contributed by atoms with E-state index >= 15 is 0 Å². The maximum atomic E-state index is 8.91. The fourth-order valence-corrected chi connectivity index (χ4v) is 3.14. The van der Waals surface area contributed by atoms with Crippen molar-refractivity contribution in [2.45, 2.75) is 13.0 Å². The third-order valence-corrected chi connectivity index (χ3v) is 4.35. The largest absolute Gasteiger partial charge is 0.409 e. The van der Waals surface area contributed by atoms with Crippen LogP contribution in [0.5, 0.6) is 0 Å². The minimum atomic E-state index is 0.0613. The summed E-state index contributed by atoms with van der Waals surface area (Å²) in [5.41, 5.74) is 15.8. The van der Waals surface area contributed by atoms with E-state index in [2.05, 4.69) is 19.7 Å². The molecule has 8 heteroatoms. The first kappa shape index (κ1) is 16.1. The molecule has 0 saturated heterocycles. The Kier molecular flexibility index (Phi) is 4.02. The third-order valence-electron chi connectivity index (χ3n) is 4.35. The normalized spacial score (nSPS) is 12.3. The van der Waals surface area contributed by atoms with Gasteiger partial charge in [0.05, 0.1) is 28.5 Å². The van der Waals surface area contributed by atoms with Crippen molar-refractivity contribution in [3.63, 3.8) is 0 Å². The molecule has 26 heavy (non-hydrogen) atoms. The molecule has 0 aliphatic rings. The number of hydrogen-bond donors (Lipinski definition) is 4. The van der Waals surface area contributed by atoms with Crippen LogP contribution in [0.2, 0.25) is 0 Å². The number of imidazole rings is 2. The predicted molar refractivity (Wildman–Crippen MR) is 100 cm³/mol. The molecule has 0 bridgehead atoms. The van der Waals surface area contributed by atoms with E-state index in [-0.39, 0.29) is 5.84 Å². The molecule has 0 radical (unpaired) electrons. The van der Waals surface area contributed by atoms with Crippen LogP contribution in [-0.2, 0) is 13.0 Å². The van der Waals surface area contributed by atoms with Gasteiger partial charge in [0.15, 0.2) is 5.84 Å². The molecule has 6 N–H and O–H groups in total. The molecule has 132 valence electrons. The number of nitrogens with zero attached hydrogens (tertiary/aromatic N) is 4. The monoisotopic (exact) mass is 349 g/mol. The zero-order valence-corrected chi connectivity index (χ0v) is 14.1. The molecule has 2 aromatic carbocycles. The van der Waals surface area contributed by atoms with Crippen molar-refractivity contribution in [1.82, 2.24) is 19.5 Å². The van der Waals surface area contributed by atoms with Crippen molar-refractivity contribution in [2.24, 2.45) is 16.6 Å². The van der Waals surface area contributed by atoms with Gasteiger partial charge < -0.3 is 26.2 Å². The zero-order chi connectivity index (χ0) is 18.1. The van der Waals surface area contributed by atoms with Gasteiger partial charge in [0.1, 0.15) is 11.6 Å². The summed E-state index contributed by atoms with van der Waals surface area (Å²) in [5.74, 6) is 1.77. The van der Waals surface area contributed by atoms with Crippen LogP contribution in [0.1, 0.15) is 17.2 Å². The van der Waals surface area contributed by atoms with Gasteiger partial charge in [-0.05, 0) is 30.3 Å². The van der Waals surface area contributed by atoms with E-state index in [4.69, 9.17) is 21.7 Å². The van der Waals surface area contributed by atoms with Gasteiger partial charge in [-0.2, -0.15) is 0 Å². The van der Waals surface area contributed by atoms with Crippen LogP contribution in [0.4, 0.5) is 0 Å². The van der Waals surface area contributed by atoms with Gasteiger partial charge in [0.25, 0.3) is 0 Å². The Morgan fingerprint density at radius 1 is 1.15 bits per heavy atom. The summed E-state index contributed by atoms with van der Waals surface area (Å²) in [6, 6.07) is 13.4. The van der Waals surface area contributed by atoms with Gasteiger partial charge in [0.2, 0.25) is 0 Å². The highest BCUT2D eigenvalue weighted by molar-refractivity contribution is 5.99. The number of nitrogens with two attached hydrogens (primary N) is 2. The quantitative estimate of drug-likeness (QED) is 0.188. The molecule has 0 spiro atoms. The number of para-hydroxylation sites is 2. The lowest BCUT2D eigenvalue weighted by atomic mass is 10.2. The van der Waals surface area contributed by atoms with Crippen molar-refractivity contribution >= 4 is 27.9 Å². The summed E-state index contributed by atoms with van der Waals surface area (Å²) in [6.45, 7) is 1.10. The van der Waals surface area contributed by atoms with Gasteiger partial charge in [-0.3, -0.25) is 0 Å². The molecule has 2 aromatic heterocycles. The van der Waals surface area contributed by atoms with Crippen LogP contribution >= 0.6 is 0 Å². The molecule has 4 aromatic rings. The molecule has 0 saturated carbocycles. The topological polar surface area (TPSA) is 131 Å². The van der Waals surface area contributed by atoms with Gasteiger partial charge in [-0.1, -0.05) is 17.3 Å². The number of aromatic nitrogens is 4. The van der Waals surface area contributed by atoms with Crippen molar-refractivity contribution in [3.8, 4) is 0 Å². The average molecular weight is 349 g/mol. The smallest absolute Gasteiger partial charge is 0.170 e. The second kappa shape index (κ2) is 6.49. The lowest BCUT2D eigenvalue weighted by molar-refractivity contribution is 0.318. The van der Waals surface area contributed by atoms with Crippen molar-refractivity contribution in [1.29, 1.82) is 0 Å². The van der Waals surface area contributed by atoms with Crippen LogP contribution < -0.4 is 11.5 Å². The van der Waals surface area contributed by atoms with Crippen LogP contribution in [0.15, 0.2) is 47.6 Å². The van der Waals surface area contributed by atoms with E-state index in [0.29, 0.717) is 25.1 Å². The number of H-pyrrole nitrogens is 1. The predicted octanol–water partition coefficient (Wildman–Crippen LogP) is 1.56. The number of aromatic amines is 1. The van der Waals surface area contributed by atoms with Crippen LogP contribution in [0, 0.1) is 0 Å². The van der Waals surface area contributed by atoms with E-state index in [9.17, 15) is 0 Å². The number of amidine groups is 1. The lowest BCUT2D eigenvalue weighted by Gasteiger charge is -2.07. The fourth-order valence-electron chi connectivity index (χ4n) is 3.14. The SMILES string of the molecule is NCCn1c(Cc2nc3ccccc3[nH]2)nc2ccc(C(N)=NO)cc21. The summed E-state index contributed by atoms with van der Waals surface area (Å²) < 4.78 is 2.05. The molecular formula is C18H19N7O. The lowest BCUT2D eigenvalue weighted by Crippen LogP contribution is -2.15. The van der Waals surface area contributed by atoms with Gasteiger partial charge in [-0.25, -0.2) is 9.97 Å². The highest BCUT2D eigenvalue weighted by atomic mass is 16.4. The number of rotatable bonds is 5. The number of hydrogen-bond acceptors (Lipinski definition) is 5. The molecule has 0 aliphatic carbocycles. The van der Waals surface area contributed by atoms with Crippen molar-refractivity contribution in [3.05, 3.63) is 59.7 Å². The van der Waals surface area contributed by atoms with E-state index < -0.39 is 0 Å². The third kappa shape index (κ3) is 2.76. The van der Waals surface area contributed by atoms with Crippen LogP contribution in [0.3, 0.4) is 0 Å². The minimum absolute atomic E-state index is 0.0613. The first-order chi connectivity index (χ1) is 12.7. The molecule has 0 atom stereocenters. The highest BCUT2D eigenvalue weighted by Gasteiger charge is 2.14. The molecular weight excluding hydrogens is 330 g/mol. The number of fused-ring (bicyclic) bond motifs is 2.